The van der Waals surface area contributed by atoms with Crippen molar-refractivity contribution in [2.45, 2.75) is 0 Å². The minimum atomic E-state index is 0.813. The van der Waals surface area contributed by atoms with Gasteiger partial charge in [-0.25, -0.2) is 15.0 Å². The molecule has 8 aromatic rings. The molecule has 5 aromatic carbocycles. The molecule has 44 heavy (non-hydrogen) atoms. The van der Waals surface area contributed by atoms with E-state index in [-0.39, 0.29) is 0 Å². The highest BCUT2D eigenvalue weighted by Crippen LogP contribution is 2.36. The molecule has 0 spiro atoms. The first-order valence-corrected chi connectivity index (χ1v) is 14.8. The third kappa shape index (κ3) is 4.81. The van der Waals surface area contributed by atoms with Crippen LogP contribution in [0.5, 0.6) is 0 Å². The van der Waals surface area contributed by atoms with E-state index in [0.717, 1.165) is 78.0 Å². The molecule has 0 aliphatic heterocycles. The van der Waals surface area contributed by atoms with Crippen molar-refractivity contribution in [2.75, 3.05) is 0 Å². The minimum absolute atomic E-state index is 0.813. The van der Waals surface area contributed by atoms with E-state index in [1.165, 1.54) is 0 Å². The van der Waals surface area contributed by atoms with Crippen LogP contribution < -0.4 is 0 Å². The van der Waals surface area contributed by atoms with Crippen LogP contribution in [0.1, 0.15) is 0 Å². The largest absolute Gasteiger partial charge is 0.246 e. The van der Waals surface area contributed by atoms with Crippen LogP contribution in [0.25, 0.3) is 78.0 Å². The first-order chi connectivity index (χ1) is 21.8. The van der Waals surface area contributed by atoms with E-state index in [2.05, 4.69) is 133 Å². The van der Waals surface area contributed by atoms with Crippen LogP contribution in [-0.4, -0.2) is 15.0 Å². The molecule has 0 fully saturated rings. The van der Waals surface area contributed by atoms with Crippen molar-refractivity contribution in [2.24, 2.45) is 0 Å². The summed E-state index contributed by atoms with van der Waals surface area (Å²) >= 11 is 0. The molecule has 0 bridgehead atoms. The van der Waals surface area contributed by atoms with Crippen LogP contribution in [0.2, 0.25) is 0 Å². The highest BCUT2D eigenvalue weighted by atomic mass is 14.8. The first kappa shape index (κ1) is 25.8. The second kappa shape index (κ2) is 11.0. The number of hydrogen-bond donors (Lipinski definition) is 0. The summed E-state index contributed by atoms with van der Waals surface area (Å²) in [4.78, 5) is 15.7. The zero-order chi connectivity index (χ0) is 29.3. The molecule has 3 heterocycles. The summed E-state index contributed by atoms with van der Waals surface area (Å²) in [7, 11) is 0. The molecule has 206 valence electrons. The fourth-order valence-electron chi connectivity index (χ4n) is 5.84. The van der Waals surface area contributed by atoms with Gasteiger partial charge in [-0.2, -0.15) is 0 Å². The molecule has 0 amide bonds. The summed E-state index contributed by atoms with van der Waals surface area (Å²) in [6, 6.07) is 56.7. The summed E-state index contributed by atoms with van der Waals surface area (Å²) in [5.74, 6) is 0. The molecule has 0 saturated heterocycles. The van der Waals surface area contributed by atoms with Gasteiger partial charge in [0.05, 0.1) is 33.8 Å². The van der Waals surface area contributed by atoms with Gasteiger partial charge in [-0.15, -0.1) is 0 Å². The zero-order valence-electron chi connectivity index (χ0n) is 23.9. The van der Waals surface area contributed by atoms with E-state index in [1.807, 2.05) is 30.3 Å². The number of aromatic nitrogens is 3. The lowest BCUT2D eigenvalue weighted by molar-refractivity contribution is 1.27. The summed E-state index contributed by atoms with van der Waals surface area (Å²) in [6.45, 7) is 0. The van der Waals surface area contributed by atoms with E-state index < -0.39 is 0 Å². The minimum Gasteiger partial charge on any atom is -0.246 e. The molecule has 0 aliphatic rings. The highest BCUT2D eigenvalue weighted by molar-refractivity contribution is 6.09. The van der Waals surface area contributed by atoms with E-state index in [4.69, 9.17) is 15.0 Å². The van der Waals surface area contributed by atoms with E-state index in [9.17, 15) is 0 Å². The van der Waals surface area contributed by atoms with Gasteiger partial charge in [0.2, 0.25) is 0 Å². The Morgan fingerprint density at radius 3 is 1.43 bits per heavy atom. The number of hydrogen-bond acceptors (Lipinski definition) is 3. The number of nitrogens with zero attached hydrogens (tertiary/aromatic N) is 3. The van der Waals surface area contributed by atoms with Gasteiger partial charge in [0.15, 0.2) is 0 Å². The average Bonchev–Trinajstić information content (AvgIpc) is 3.12. The van der Waals surface area contributed by atoms with Gasteiger partial charge in [0, 0.05) is 21.9 Å². The predicted octanol–water partition coefficient (Wildman–Crippen LogP) is 10.5. The quantitative estimate of drug-likeness (QED) is 0.196. The lowest BCUT2D eigenvalue weighted by Crippen LogP contribution is -1.95. The van der Waals surface area contributed by atoms with Crippen molar-refractivity contribution in [3.8, 4) is 56.2 Å². The summed E-state index contributed by atoms with van der Waals surface area (Å²) in [6.07, 6.45) is 0. The fourth-order valence-corrected chi connectivity index (χ4v) is 5.84. The van der Waals surface area contributed by atoms with Gasteiger partial charge >= 0.3 is 0 Å². The van der Waals surface area contributed by atoms with Crippen LogP contribution in [0.3, 0.4) is 0 Å². The monoisotopic (exact) mass is 561 g/mol. The van der Waals surface area contributed by atoms with Crippen molar-refractivity contribution in [1.29, 1.82) is 0 Å². The SMILES string of the molecule is c1ccc(-c2cc(-c3ccccc3)nc(-c3ccc4ccc5c(-c6ccccc6)cc(-c6ccccc6)nc5c4n3)c2)cc1. The van der Waals surface area contributed by atoms with E-state index in [1.54, 1.807) is 0 Å². The molecule has 3 heteroatoms. The van der Waals surface area contributed by atoms with Crippen LogP contribution >= 0.6 is 0 Å². The summed E-state index contributed by atoms with van der Waals surface area (Å²) < 4.78 is 0. The summed E-state index contributed by atoms with van der Waals surface area (Å²) in [5.41, 5.74) is 11.9. The molecule has 0 unspecified atom stereocenters. The highest BCUT2D eigenvalue weighted by Gasteiger charge is 2.15. The molecular formula is C41H27N3. The number of pyridine rings is 3. The Balaban J connectivity index is 1.38. The van der Waals surface area contributed by atoms with Gasteiger partial charge in [0.25, 0.3) is 0 Å². The molecule has 0 radical (unpaired) electrons. The Bertz CT molecular complexity index is 2190. The molecule has 3 nitrogen and oxygen atoms in total. The summed E-state index contributed by atoms with van der Waals surface area (Å²) in [5, 5.41) is 2.12. The standard InChI is InChI=1S/C41H27N3/c1-5-13-28(14-6-1)33-25-37(30-17-9-3-10-18-30)42-39(26-33)36-24-22-32-21-23-34-35(29-15-7-2-8-16-29)27-38(31-19-11-4-12-20-31)44-41(34)40(32)43-36/h1-27H. The maximum Gasteiger partial charge on any atom is 0.0978 e. The number of fused-ring (bicyclic) bond motifs is 3. The van der Waals surface area contributed by atoms with Gasteiger partial charge in [0.1, 0.15) is 0 Å². The molecule has 0 atom stereocenters. The first-order valence-electron chi connectivity index (χ1n) is 14.8. The Hall–Kier alpha value is -5.93. The molecule has 3 aromatic heterocycles. The molecule has 8 rings (SSSR count). The number of benzene rings is 5. The van der Waals surface area contributed by atoms with Gasteiger partial charge in [-0.3, -0.25) is 0 Å². The maximum absolute atomic E-state index is 5.29. The van der Waals surface area contributed by atoms with Crippen LogP contribution in [0.15, 0.2) is 164 Å². The average molecular weight is 562 g/mol. The Labute approximate surface area is 256 Å². The predicted molar refractivity (Wildman–Crippen MR) is 182 cm³/mol. The van der Waals surface area contributed by atoms with Crippen molar-refractivity contribution in [3.63, 3.8) is 0 Å². The number of rotatable bonds is 5. The second-order valence-electron chi connectivity index (χ2n) is 10.9. The molecule has 0 aliphatic carbocycles. The van der Waals surface area contributed by atoms with E-state index >= 15 is 0 Å². The molecular weight excluding hydrogens is 534 g/mol. The van der Waals surface area contributed by atoms with Crippen LogP contribution in [0, 0.1) is 0 Å². The molecule has 0 saturated carbocycles. The van der Waals surface area contributed by atoms with Gasteiger partial charge < -0.3 is 0 Å². The van der Waals surface area contributed by atoms with Gasteiger partial charge in [-0.1, -0.05) is 140 Å². The zero-order valence-corrected chi connectivity index (χ0v) is 23.9. The second-order valence-corrected chi connectivity index (χ2v) is 10.9. The van der Waals surface area contributed by atoms with Gasteiger partial charge in [-0.05, 0) is 46.5 Å². The molecule has 0 N–H and O–H groups in total. The van der Waals surface area contributed by atoms with Crippen molar-refractivity contribution < 1.29 is 0 Å². The Morgan fingerprint density at radius 1 is 0.295 bits per heavy atom. The van der Waals surface area contributed by atoms with Crippen molar-refractivity contribution >= 4 is 21.8 Å². The van der Waals surface area contributed by atoms with Crippen molar-refractivity contribution in [1.82, 2.24) is 15.0 Å². The van der Waals surface area contributed by atoms with E-state index in [0.29, 0.717) is 0 Å². The van der Waals surface area contributed by atoms with Crippen LogP contribution in [0.4, 0.5) is 0 Å². The Kier molecular flexibility index (Phi) is 6.47. The smallest absolute Gasteiger partial charge is 0.0978 e. The maximum atomic E-state index is 5.29. The lowest BCUT2D eigenvalue weighted by Gasteiger charge is -2.13. The third-order valence-electron chi connectivity index (χ3n) is 8.06. The Morgan fingerprint density at radius 2 is 0.795 bits per heavy atom. The third-order valence-corrected chi connectivity index (χ3v) is 8.06. The van der Waals surface area contributed by atoms with Crippen LogP contribution in [-0.2, 0) is 0 Å². The topological polar surface area (TPSA) is 38.7 Å². The lowest BCUT2D eigenvalue weighted by atomic mass is 9.97. The van der Waals surface area contributed by atoms with Crippen molar-refractivity contribution in [3.05, 3.63) is 164 Å². The fraction of sp³-hybridized carbons (Fsp3) is 0. The normalized spacial score (nSPS) is 11.2.